The molecular weight excluding hydrogens is 228 g/mol. The lowest BCUT2D eigenvalue weighted by Crippen LogP contribution is -2.11. The van der Waals surface area contributed by atoms with Gasteiger partial charge in [-0.25, -0.2) is 9.59 Å². The molecule has 0 aliphatic carbocycles. The van der Waals surface area contributed by atoms with Crippen LogP contribution >= 0.6 is 0 Å². The van der Waals surface area contributed by atoms with Crippen molar-refractivity contribution in [1.82, 2.24) is 0 Å². The predicted molar refractivity (Wildman–Crippen MR) is 62.1 cm³/mol. The third-order valence-corrected chi connectivity index (χ3v) is 1.52. The number of hydrogen-bond donors (Lipinski definition) is 1. The highest BCUT2D eigenvalue weighted by molar-refractivity contribution is 5.59. The van der Waals surface area contributed by atoms with Gasteiger partial charge in [0.2, 0.25) is 0 Å². The molecule has 0 saturated heterocycles. The second kappa shape index (κ2) is 12.6. The maximum absolute atomic E-state index is 10.2. The van der Waals surface area contributed by atoms with Gasteiger partial charge in [0.05, 0.1) is 13.2 Å². The van der Waals surface area contributed by atoms with Crippen molar-refractivity contribution in [2.24, 2.45) is 0 Å². The van der Waals surface area contributed by atoms with Gasteiger partial charge in [-0.3, -0.25) is 0 Å². The number of hydrogen-bond acceptors (Lipinski definition) is 5. The fourth-order valence-electron chi connectivity index (χ4n) is 0.915. The summed E-state index contributed by atoms with van der Waals surface area (Å²) in [7, 11) is 0. The van der Waals surface area contributed by atoms with Gasteiger partial charge in [0, 0.05) is 0 Å². The highest BCUT2D eigenvalue weighted by Gasteiger charge is 2.04. The molecule has 0 fully saturated rings. The molecule has 0 rings (SSSR count). The van der Waals surface area contributed by atoms with Gasteiger partial charge in [0.1, 0.15) is 6.10 Å². The summed E-state index contributed by atoms with van der Waals surface area (Å²) in [5.74, 6) is 0. The van der Waals surface area contributed by atoms with Crippen molar-refractivity contribution in [3.05, 3.63) is 0 Å². The van der Waals surface area contributed by atoms with Crippen LogP contribution in [0.4, 0.5) is 9.59 Å². The highest BCUT2D eigenvalue weighted by atomic mass is 16.7. The van der Waals surface area contributed by atoms with Crippen LogP contribution in [0.15, 0.2) is 0 Å². The van der Waals surface area contributed by atoms with Gasteiger partial charge in [0.15, 0.2) is 0 Å². The Hall–Kier alpha value is -1.46. The topological polar surface area (TPSA) is 82.1 Å². The third kappa shape index (κ3) is 17.2. The summed E-state index contributed by atoms with van der Waals surface area (Å²) in [6, 6.07) is 0. The lowest BCUT2D eigenvalue weighted by molar-refractivity contribution is 0.0554. The standard InChI is InChI=1S/C6H12O3.C5H10O3/c1-3-4-5(2)9-6(7)8;1-3-7-5(6)8-4-2/h5H,3-4H2,1-2H3,(H,7,8);3-4H2,1-2H3. The van der Waals surface area contributed by atoms with Crippen molar-refractivity contribution >= 4 is 12.3 Å². The van der Waals surface area contributed by atoms with Crippen molar-refractivity contribution in [3.63, 3.8) is 0 Å². The second-order valence-electron chi connectivity index (χ2n) is 3.10. The summed E-state index contributed by atoms with van der Waals surface area (Å²) >= 11 is 0. The van der Waals surface area contributed by atoms with Crippen LogP contribution < -0.4 is 0 Å². The highest BCUT2D eigenvalue weighted by Crippen LogP contribution is 1.99. The van der Waals surface area contributed by atoms with E-state index in [2.05, 4.69) is 14.2 Å². The zero-order valence-corrected chi connectivity index (χ0v) is 10.9. The minimum absolute atomic E-state index is 0.160. The second-order valence-corrected chi connectivity index (χ2v) is 3.10. The lowest BCUT2D eigenvalue weighted by Gasteiger charge is -2.07. The fourth-order valence-corrected chi connectivity index (χ4v) is 0.915. The summed E-state index contributed by atoms with van der Waals surface area (Å²) < 4.78 is 13.2. The average molecular weight is 250 g/mol. The largest absolute Gasteiger partial charge is 0.508 e. The molecule has 0 aromatic carbocycles. The molecule has 0 spiro atoms. The molecule has 6 nitrogen and oxygen atoms in total. The van der Waals surface area contributed by atoms with Crippen molar-refractivity contribution in [2.45, 2.75) is 46.6 Å². The molecule has 0 amide bonds. The molecule has 1 N–H and O–H groups in total. The third-order valence-electron chi connectivity index (χ3n) is 1.52. The van der Waals surface area contributed by atoms with Gasteiger partial charge in [0.25, 0.3) is 0 Å². The lowest BCUT2D eigenvalue weighted by atomic mass is 10.2. The van der Waals surface area contributed by atoms with Crippen LogP contribution in [-0.2, 0) is 14.2 Å². The maximum Gasteiger partial charge on any atom is 0.508 e. The molecule has 0 aliphatic heterocycles. The number of carbonyl (C=O) groups excluding carboxylic acids is 1. The van der Waals surface area contributed by atoms with Crippen LogP contribution in [-0.4, -0.2) is 36.7 Å². The summed E-state index contributed by atoms with van der Waals surface area (Å²) in [6.07, 6.45) is -0.181. The van der Waals surface area contributed by atoms with E-state index >= 15 is 0 Å². The summed E-state index contributed by atoms with van der Waals surface area (Å²) in [4.78, 5) is 20.1. The summed E-state index contributed by atoms with van der Waals surface area (Å²) in [6.45, 7) is 7.95. The van der Waals surface area contributed by atoms with Crippen molar-refractivity contribution in [3.8, 4) is 0 Å². The van der Waals surface area contributed by atoms with Gasteiger partial charge in [-0.15, -0.1) is 0 Å². The molecule has 0 radical (unpaired) electrons. The van der Waals surface area contributed by atoms with E-state index in [0.29, 0.717) is 13.2 Å². The smallest absolute Gasteiger partial charge is 0.450 e. The Morgan fingerprint density at radius 1 is 1.12 bits per heavy atom. The van der Waals surface area contributed by atoms with E-state index in [0.717, 1.165) is 12.8 Å². The monoisotopic (exact) mass is 250 g/mol. The van der Waals surface area contributed by atoms with E-state index in [9.17, 15) is 9.59 Å². The quantitative estimate of drug-likeness (QED) is 0.755. The van der Waals surface area contributed by atoms with E-state index in [-0.39, 0.29) is 6.10 Å². The molecule has 6 heteroatoms. The van der Waals surface area contributed by atoms with Crippen LogP contribution in [0.5, 0.6) is 0 Å². The van der Waals surface area contributed by atoms with E-state index in [1.807, 2.05) is 6.92 Å². The predicted octanol–water partition coefficient (Wildman–Crippen LogP) is 3.05. The molecule has 102 valence electrons. The van der Waals surface area contributed by atoms with Crippen LogP contribution in [0.25, 0.3) is 0 Å². The molecule has 1 atom stereocenters. The first-order chi connectivity index (χ1) is 7.97. The van der Waals surface area contributed by atoms with Gasteiger partial charge in [-0.1, -0.05) is 13.3 Å². The molecule has 0 saturated carbocycles. The molecular formula is C11H22O6. The molecule has 0 aliphatic rings. The van der Waals surface area contributed by atoms with Gasteiger partial charge < -0.3 is 19.3 Å². The maximum atomic E-state index is 10.2. The Labute approximate surface area is 102 Å². The Bertz CT molecular complexity index is 196. The Morgan fingerprint density at radius 3 is 1.88 bits per heavy atom. The van der Waals surface area contributed by atoms with Crippen LogP contribution in [0.2, 0.25) is 0 Å². The Balaban J connectivity index is 0. The number of carboxylic acid groups (broad SMARTS) is 1. The van der Waals surface area contributed by atoms with E-state index in [1.165, 1.54) is 0 Å². The van der Waals surface area contributed by atoms with Gasteiger partial charge in [-0.2, -0.15) is 0 Å². The van der Waals surface area contributed by atoms with E-state index in [4.69, 9.17) is 5.11 Å². The van der Waals surface area contributed by atoms with Crippen LogP contribution in [0.3, 0.4) is 0 Å². The average Bonchev–Trinajstić information content (AvgIpc) is 2.18. The number of ether oxygens (including phenoxy) is 3. The van der Waals surface area contributed by atoms with Crippen molar-refractivity contribution in [2.75, 3.05) is 13.2 Å². The van der Waals surface area contributed by atoms with Crippen molar-refractivity contribution in [1.29, 1.82) is 0 Å². The first kappa shape index (κ1) is 17.9. The minimum Gasteiger partial charge on any atom is -0.450 e. The first-order valence-electron chi connectivity index (χ1n) is 5.66. The first-order valence-corrected chi connectivity index (χ1v) is 5.66. The summed E-state index contributed by atoms with van der Waals surface area (Å²) in [5.41, 5.74) is 0. The van der Waals surface area contributed by atoms with E-state index < -0.39 is 12.3 Å². The van der Waals surface area contributed by atoms with Crippen molar-refractivity contribution < 1.29 is 28.9 Å². The molecule has 0 aromatic heterocycles. The number of rotatable bonds is 5. The van der Waals surface area contributed by atoms with Crippen LogP contribution in [0.1, 0.15) is 40.5 Å². The Kier molecular flexibility index (Phi) is 13.3. The molecule has 0 bridgehead atoms. The zero-order valence-electron chi connectivity index (χ0n) is 10.9. The van der Waals surface area contributed by atoms with Gasteiger partial charge in [-0.05, 0) is 27.2 Å². The molecule has 0 aromatic rings. The Morgan fingerprint density at radius 2 is 1.59 bits per heavy atom. The summed E-state index contributed by atoms with van der Waals surface area (Å²) in [5, 5.41) is 8.09. The minimum atomic E-state index is -1.18. The zero-order chi connectivity index (χ0) is 13.7. The SMILES string of the molecule is CCCC(C)OC(=O)O.CCOC(=O)OCC. The normalized spacial score (nSPS) is 10.6. The molecule has 1 unspecified atom stereocenters. The number of carbonyl (C=O) groups is 2. The molecule has 0 heterocycles. The van der Waals surface area contributed by atoms with Crippen LogP contribution in [0, 0.1) is 0 Å². The fraction of sp³-hybridized carbons (Fsp3) is 0.818. The van der Waals surface area contributed by atoms with E-state index in [1.54, 1.807) is 20.8 Å². The van der Waals surface area contributed by atoms with Gasteiger partial charge >= 0.3 is 12.3 Å². The molecule has 17 heavy (non-hydrogen) atoms.